The fourth-order valence-corrected chi connectivity index (χ4v) is 3.99. The lowest BCUT2D eigenvalue weighted by Gasteiger charge is -2.16. The highest BCUT2D eigenvalue weighted by molar-refractivity contribution is 7.85. The van der Waals surface area contributed by atoms with Crippen LogP contribution in [0.15, 0.2) is 47.5 Å². The van der Waals surface area contributed by atoms with Crippen molar-refractivity contribution in [2.75, 3.05) is 20.0 Å². The number of benzene rings is 1. The van der Waals surface area contributed by atoms with Crippen molar-refractivity contribution in [3.05, 3.63) is 58.6 Å². The van der Waals surface area contributed by atoms with Crippen LogP contribution in [-0.4, -0.2) is 49.3 Å². The van der Waals surface area contributed by atoms with Crippen molar-refractivity contribution < 1.29 is 22.1 Å². The minimum atomic E-state index is -3.48. The van der Waals surface area contributed by atoms with Gasteiger partial charge in [0.05, 0.1) is 25.7 Å². The third kappa shape index (κ3) is 6.45. The summed E-state index contributed by atoms with van der Waals surface area (Å²) >= 11 is 0. The van der Waals surface area contributed by atoms with Gasteiger partial charge in [0.1, 0.15) is 17.8 Å². The SMILES string of the molecule is COc1cccc(-c2cn3cc(CCCOS(C)(=O)=O)cc3c(=O)n2CC(=O)NC(C)C)c1. The third-order valence-electron chi connectivity index (χ3n) is 4.95. The van der Waals surface area contributed by atoms with Crippen LogP contribution in [-0.2, 0) is 32.1 Å². The van der Waals surface area contributed by atoms with Crippen LogP contribution in [0.25, 0.3) is 16.8 Å². The molecule has 10 heteroatoms. The maximum atomic E-state index is 13.4. The molecule has 0 atom stereocenters. The van der Waals surface area contributed by atoms with Gasteiger partial charge in [-0.15, -0.1) is 0 Å². The predicted octanol–water partition coefficient (Wildman–Crippen LogP) is 2.21. The molecule has 1 amide bonds. The molecule has 0 aliphatic heterocycles. The Morgan fingerprint density at radius 3 is 2.61 bits per heavy atom. The number of nitrogens with one attached hydrogen (secondary N) is 1. The zero-order valence-electron chi connectivity index (χ0n) is 19.2. The Balaban J connectivity index is 2.01. The Kier molecular flexibility index (Phi) is 7.60. The number of amides is 1. The Labute approximate surface area is 193 Å². The molecule has 0 saturated heterocycles. The van der Waals surface area contributed by atoms with E-state index < -0.39 is 10.1 Å². The van der Waals surface area contributed by atoms with Crippen molar-refractivity contribution in [3.63, 3.8) is 0 Å². The first kappa shape index (κ1) is 24.5. The fourth-order valence-electron chi connectivity index (χ4n) is 3.57. The highest BCUT2D eigenvalue weighted by Gasteiger charge is 2.16. The molecular weight excluding hydrogens is 446 g/mol. The highest BCUT2D eigenvalue weighted by Crippen LogP contribution is 2.24. The number of hydrogen-bond acceptors (Lipinski definition) is 6. The van der Waals surface area contributed by atoms with Crippen LogP contribution in [0.5, 0.6) is 5.75 Å². The summed E-state index contributed by atoms with van der Waals surface area (Å²) in [6, 6.07) is 9.00. The average Bonchev–Trinajstić information content (AvgIpc) is 3.15. The summed E-state index contributed by atoms with van der Waals surface area (Å²) in [5.41, 5.74) is 2.31. The Bertz CT molecular complexity index is 1310. The normalized spacial score (nSPS) is 11.8. The molecule has 0 bridgehead atoms. The summed E-state index contributed by atoms with van der Waals surface area (Å²) in [6.07, 6.45) is 5.68. The van der Waals surface area contributed by atoms with Crippen molar-refractivity contribution in [2.24, 2.45) is 0 Å². The number of carbonyl (C=O) groups is 1. The molecule has 0 radical (unpaired) electrons. The standard InChI is InChI=1S/C23H29N3O6S/c1-16(2)24-22(27)15-26-21(18-8-5-9-19(12-18)31-3)14-25-13-17(11-20(25)23(26)28)7-6-10-32-33(4,29)30/h5,8-9,11-14,16H,6-7,10,15H2,1-4H3,(H,24,27). The lowest BCUT2D eigenvalue weighted by Crippen LogP contribution is -2.36. The van der Waals surface area contributed by atoms with E-state index in [1.165, 1.54) is 4.57 Å². The summed E-state index contributed by atoms with van der Waals surface area (Å²) in [7, 11) is -1.92. The van der Waals surface area contributed by atoms with E-state index >= 15 is 0 Å². The summed E-state index contributed by atoms with van der Waals surface area (Å²) in [6.45, 7) is 3.67. The second-order valence-corrected chi connectivity index (χ2v) is 9.77. The molecule has 2 aromatic heterocycles. The molecule has 3 rings (SSSR count). The molecule has 178 valence electrons. The van der Waals surface area contributed by atoms with Gasteiger partial charge in [-0.3, -0.25) is 18.3 Å². The first-order chi connectivity index (χ1) is 15.6. The lowest BCUT2D eigenvalue weighted by molar-refractivity contribution is -0.122. The second kappa shape index (κ2) is 10.2. The minimum absolute atomic E-state index is 0.0498. The molecule has 3 aromatic rings. The van der Waals surface area contributed by atoms with Crippen LogP contribution in [0.2, 0.25) is 0 Å². The quantitative estimate of drug-likeness (QED) is 0.356. The fraction of sp³-hybridized carbons (Fsp3) is 0.391. The van der Waals surface area contributed by atoms with Gasteiger partial charge in [0, 0.05) is 24.0 Å². The molecule has 1 aromatic carbocycles. The molecule has 33 heavy (non-hydrogen) atoms. The van der Waals surface area contributed by atoms with E-state index in [1.807, 2.05) is 50.5 Å². The van der Waals surface area contributed by atoms with Gasteiger partial charge in [-0.2, -0.15) is 8.42 Å². The van der Waals surface area contributed by atoms with Gasteiger partial charge in [0.25, 0.3) is 15.7 Å². The first-order valence-corrected chi connectivity index (χ1v) is 12.4. The van der Waals surface area contributed by atoms with Crippen LogP contribution in [0.4, 0.5) is 0 Å². The molecule has 0 unspecified atom stereocenters. The predicted molar refractivity (Wildman–Crippen MR) is 126 cm³/mol. The van der Waals surface area contributed by atoms with E-state index in [4.69, 9.17) is 8.92 Å². The van der Waals surface area contributed by atoms with Gasteiger partial charge >= 0.3 is 0 Å². The number of aromatic nitrogens is 2. The number of fused-ring (bicyclic) bond motifs is 1. The van der Waals surface area contributed by atoms with Gasteiger partial charge in [-0.05, 0) is 50.5 Å². The second-order valence-electron chi connectivity index (χ2n) is 8.13. The molecule has 0 fully saturated rings. The third-order valence-corrected chi connectivity index (χ3v) is 5.54. The van der Waals surface area contributed by atoms with E-state index in [0.717, 1.165) is 17.4 Å². The van der Waals surface area contributed by atoms with E-state index in [0.29, 0.717) is 29.8 Å². The number of nitrogens with zero attached hydrogens (tertiary/aromatic N) is 2. The maximum Gasteiger partial charge on any atom is 0.275 e. The van der Waals surface area contributed by atoms with Gasteiger partial charge in [-0.1, -0.05) is 12.1 Å². The van der Waals surface area contributed by atoms with E-state index in [1.54, 1.807) is 17.6 Å². The van der Waals surface area contributed by atoms with Gasteiger partial charge < -0.3 is 14.5 Å². The molecular formula is C23H29N3O6S. The molecule has 0 spiro atoms. The van der Waals surface area contributed by atoms with E-state index in [2.05, 4.69) is 5.32 Å². The van der Waals surface area contributed by atoms with Crippen LogP contribution >= 0.6 is 0 Å². The molecule has 9 nitrogen and oxygen atoms in total. The molecule has 2 heterocycles. The zero-order chi connectivity index (χ0) is 24.2. The summed E-state index contributed by atoms with van der Waals surface area (Å²) in [5, 5.41) is 2.83. The zero-order valence-corrected chi connectivity index (χ0v) is 20.0. The number of carbonyl (C=O) groups excluding carboxylic acids is 1. The Hall–Kier alpha value is -3.11. The summed E-state index contributed by atoms with van der Waals surface area (Å²) in [5.74, 6) is 0.377. The molecule has 0 aliphatic carbocycles. The molecule has 1 N–H and O–H groups in total. The summed E-state index contributed by atoms with van der Waals surface area (Å²) in [4.78, 5) is 25.9. The Morgan fingerprint density at radius 2 is 1.94 bits per heavy atom. The van der Waals surface area contributed by atoms with Crippen molar-refractivity contribution >= 4 is 21.5 Å². The maximum absolute atomic E-state index is 13.4. The number of ether oxygens (including phenoxy) is 1. The molecule has 0 saturated carbocycles. The van der Waals surface area contributed by atoms with Crippen molar-refractivity contribution in [2.45, 2.75) is 39.3 Å². The van der Waals surface area contributed by atoms with Crippen LogP contribution in [0.3, 0.4) is 0 Å². The van der Waals surface area contributed by atoms with Gasteiger partial charge in [0.2, 0.25) is 5.91 Å². The topological polar surface area (TPSA) is 108 Å². The van der Waals surface area contributed by atoms with Crippen LogP contribution in [0.1, 0.15) is 25.8 Å². The minimum Gasteiger partial charge on any atom is -0.497 e. The van der Waals surface area contributed by atoms with Crippen molar-refractivity contribution in [3.8, 4) is 17.0 Å². The number of aryl methyl sites for hydroxylation is 1. The lowest BCUT2D eigenvalue weighted by atomic mass is 10.1. The number of rotatable bonds is 10. The average molecular weight is 476 g/mol. The highest BCUT2D eigenvalue weighted by atomic mass is 32.2. The first-order valence-electron chi connectivity index (χ1n) is 10.6. The number of methoxy groups -OCH3 is 1. The van der Waals surface area contributed by atoms with E-state index in [9.17, 15) is 18.0 Å². The van der Waals surface area contributed by atoms with Gasteiger partial charge in [0.15, 0.2) is 0 Å². The molecule has 0 aliphatic rings. The van der Waals surface area contributed by atoms with E-state index in [-0.39, 0.29) is 30.7 Å². The van der Waals surface area contributed by atoms with Crippen molar-refractivity contribution in [1.82, 2.24) is 14.3 Å². The monoisotopic (exact) mass is 475 g/mol. The van der Waals surface area contributed by atoms with Crippen molar-refractivity contribution in [1.29, 1.82) is 0 Å². The smallest absolute Gasteiger partial charge is 0.275 e. The largest absolute Gasteiger partial charge is 0.497 e. The summed E-state index contributed by atoms with van der Waals surface area (Å²) < 4.78 is 35.6. The number of hydrogen-bond donors (Lipinski definition) is 1. The van der Waals surface area contributed by atoms with Gasteiger partial charge in [-0.25, -0.2) is 0 Å². The van der Waals surface area contributed by atoms with Crippen LogP contribution in [0, 0.1) is 0 Å². The van der Waals surface area contributed by atoms with Crippen LogP contribution < -0.4 is 15.6 Å². The Morgan fingerprint density at radius 1 is 1.18 bits per heavy atom.